The molecule has 1 aromatic heterocycles. The lowest BCUT2D eigenvalue weighted by Gasteiger charge is -2.19. The molecule has 2 aliphatic heterocycles. The quantitative estimate of drug-likeness (QED) is 0.893. The monoisotopic (exact) mass is 354 g/mol. The van der Waals surface area contributed by atoms with E-state index in [1.165, 1.54) is 18.4 Å². The number of rotatable bonds is 5. The second kappa shape index (κ2) is 7.50. The van der Waals surface area contributed by atoms with E-state index in [0.29, 0.717) is 5.92 Å². The highest BCUT2D eigenvalue weighted by Gasteiger charge is 2.27. The number of ether oxygens (including phenoxy) is 1. The van der Waals surface area contributed by atoms with Crippen molar-refractivity contribution in [3.05, 3.63) is 51.9 Å². The van der Waals surface area contributed by atoms with Crippen LogP contribution in [0.1, 0.15) is 36.4 Å². The van der Waals surface area contributed by atoms with E-state index >= 15 is 0 Å². The van der Waals surface area contributed by atoms with Gasteiger partial charge in [-0.1, -0.05) is 18.2 Å². The van der Waals surface area contributed by atoms with Crippen LogP contribution in [0.3, 0.4) is 0 Å². The summed E-state index contributed by atoms with van der Waals surface area (Å²) in [5.74, 6) is 1.99. The Morgan fingerprint density at radius 1 is 1.23 bits per heavy atom. The van der Waals surface area contributed by atoms with E-state index in [1.54, 1.807) is 13.2 Å². The first-order chi connectivity index (χ1) is 12.7. The first-order valence-corrected chi connectivity index (χ1v) is 9.43. The van der Waals surface area contributed by atoms with Gasteiger partial charge in [-0.15, -0.1) is 0 Å². The summed E-state index contributed by atoms with van der Waals surface area (Å²) in [4.78, 5) is 24.4. The summed E-state index contributed by atoms with van der Waals surface area (Å²) in [5.41, 5.74) is 2.09. The number of anilines is 1. The van der Waals surface area contributed by atoms with Gasteiger partial charge in [0.2, 0.25) is 5.95 Å². The molecule has 0 amide bonds. The fourth-order valence-electron chi connectivity index (χ4n) is 4.04. The molecular weight excluding hydrogens is 328 g/mol. The Morgan fingerprint density at radius 3 is 2.85 bits per heavy atom. The summed E-state index contributed by atoms with van der Waals surface area (Å²) in [6.07, 6.45) is 3.37. The zero-order valence-corrected chi connectivity index (χ0v) is 15.3. The van der Waals surface area contributed by atoms with Gasteiger partial charge in [0, 0.05) is 43.7 Å². The van der Waals surface area contributed by atoms with Gasteiger partial charge < -0.3 is 9.64 Å². The molecule has 6 nitrogen and oxygen atoms in total. The predicted molar refractivity (Wildman–Crippen MR) is 102 cm³/mol. The topological polar surface area (TPSA) is 61.5 Å². The maximum absolute atomic E-state index is 12.1. The van der Waals surface area contributed by atoms with Crippen LogP contribution in [0.25, 0.3) is 0 Å². The largest absolute Gasteiger partial charge is 0.496 e. The van der Waals surface area contributed by atoms with Gasteiger partial charge in [-0.3, -0.25) is 14.7 Å². The van der Waals surface area contributed by atoms with Gasteiger partial charge in [-0.05, 0) is 31.9 Å². The highest BCUT2D eigenvalue weighted by Crippen LogP contribution is 2.29. The van der Waals surface area contributed by atoms with Crippen molar-refractivity contribution in [2.24, 2.45) is 0 Å². The van der Waals surface area contributed by atoms with Gasteiger partial charge in [0.25, 0.3) is 5.56 Å². The molecule has 4 rings (SSSR count). The molecule has 2 aromatic rings. The van der Waals surface area contributed by atoms with Crippen molar-refractivity contribution in [2.45, 2.75) is 31.7 Å². The van der Waals surface area contributed by atoms with E-state index in [4.69, 9.17) is 9.72 Å². The van der Waals surface area contributed by atoms with Gasteiger partial charge >= 0.3 is 0 Å². The Hall–Kier alpha value is -2.34. The molecule has 26 heavy (non-hydrogen) atoms. The van der Waals surface area contributed by atoms with E-state index in [0.717, 1.165) is 56.5 Å². The van der Waals surface area contributed by atoms with Gasteiger partial charge in [-0.2, -0.15) is 0 Å². The van der Waals surface area contributed by atoms with E-state index < -0.39 is 0 Å². The molecule has 6 heteroatoms. The maximum atomic E-state index is 12.1. The number of H-pyrrole nitrogens is 1. The molecule has 0 radical (unpaired) electrons. The number of aromatic amines is 1. The van der Waals surface area contributed by atoms with Crippen LogP contribution in [0.2, 0.25) is 0 Å². The van der Waals surface area contributed by atoms with Crippen LogP contribution in [0.5, 0.6) is 5.75 Å². The molecule has 0 unspecified atom stereocenters. The molecular formula is C20H26N4O2. The summed E-state index contributed by atoms with van der Waals surface area (Å²) in [6.45, 7) is 4.76. The molecule has 3 heterocycles. The Kier molecular flexibility index (Phi) is 4.93. The Labute approximate surface area is 153 Å². The minimum absolute atomic E-state index is 0.0416. The molecule has 2 saturated heterocycles. The third-order valence-corrected chi connectivity index (χ3v) is 5.43. The van der Waals surface area contributed by atoms with Crippen LogP contribution < -0.4 is 15.2 Å². The van der Waals surface area contributed by atoms with Crippen LogP contribution in [0, 0.1) is 0 Å². The number of aromatic nitrogens is 2. The molecule has 1 aromatic carbocycles. The molecule has 1 N–H and O–H groups in total. The number of nitrogens with zero attached hydrogens (tertiary/aromatic N) is 3. The second-order valence-corrected chi connectivity index (χ2v) is 7.22. The third kappa shape index (κ3) is 3.60. The van der Waals surface area contributed by atoms with Gasteiger partial charge in [-0.25, -0.2) is 4.98 Å². The zero-order valence-electron chi connectivity index (χ0n) is 15.3. The van der Waals surface area contributed by atoms with Gasteiger partial charge in [0.05, 0.1) is 12.8 Å². The zero-order chi connectivity index (χ0) is 17.9. The summed E-state index contributed by atoms with van der Waals surface area (Å²) in [7, 11) is 1.71. The Balaban J connectivity index is 1.47. The lowest BCUT2D eigenvalue weighted by atomic mass is 10.0. The first kappa shape index (κ1) is 17.1. The van der Waals surface area contributed by atoms with E-state index in [2.05, 4.69) is 20.9 Å². The summed E-state index contributed by atoms with van der Waals surface area (Å²) in [6, 6.07) is 9.84. The standard InChI is InChI=1S/C20H26N4O2/c1-26-18-7-3-2-6-16(18)14-23-11-8-15(13-23)17-12-19(25)22-20(21-17)24-9-4-5-10-24/h2-3,6-7,12,15H,4-5,8-11,13-14H2,1H3,(H,21,22,25)/t15-/m1/s1. The van der Waals surface area contributed by atoms with Crippen molar-refractivity contribution in [1.29, 1.82) is 0 Å². The Bertz CT molecular complexity index is 813. The van der Waals surface area contributed by atoms with Crippen molar-refractivity contribution in [2.75, 3.05) is 38.2 Å². The minimum atomic E-state index is -0.0416. The highest BCUT2D eigenvalue weighted by atomic mass is 16.5. The minimum Gasteiger partial charge on any atom is -0.496 e. The SMILES string of the molecule is COc1ccccc1CN1CC[C@@H](c2cc(=O)[nH]c(N3CCCC3)n2)C1. The molecule has 1 atom stereocenters. The van der Waals surface area contributed by atoms with Crippen LogP contribution in [0.15, 0.2) is 35.1 Å². The van der Waals surface area contributed by atoms with Gasteiger partial charge in [0.1, 0.15) is 5.75 Å². The lowest BCUT2D eigenvalue weighted by Crippen LogP contribution is -2.25. The van der Waals surface area contributed by atoms with Crippen molar-refractivity contribution in [3.8, 4) is 5.75 Å². The van der Waals surface area contributed by atoms with Crippen molar-refractivity contribution in [3.63, 3.8) is 0 Å². The van der Waals surface area contributed by atoms with Crippen LogP contribution in [-0.4, -0.2) is 48.2 Å². The number of hydrogen-bond acceptors (Lipinski definition) is 5. The number of benzene rings is 1. The molecule has 2 fully saturated rings. The average molecular weight is 354 g/mol. The van der Waals surface area contributed by atoms with E-state index in [1.807, 2.05) is 18.2 Å². The average Bonchev–Trinajstić information content (AvgIpc) is 3.34. The van der Waals surface area contributed by atoms with Crippen molar-refractivity contribution >= 4 is 5.95 Å². The summed E-state index contributed by atoms with van der Waals surface area (Å²) in [5, 5.41) is 0. The Morgan fingerprint density at radius 2 is 2.04 bits per heavy atom. The first-order valence-electron chi connectivity index (χ1n) is 9.43. The fourth-order valence-corrected chi connectivity index (χ4v) is 4.04. The van der Waals surface area contributed by atoms with E-state index in [9.17, 15) is 4.79 Å². The molecule has 0 saturated carbocycles. The smallest absolute Gasteiger partial charge is 0.252 e. The molecule has 0 aliphatic carbocycles. The number of para-hydroxylation sites is 1. The lowest BCUT2D eigenvalue weighted by molar-refractivity contribution is 0.316. The predicted octanol–water partition coefficient (Wildman–Crippen LogP) is 2.37. The molecule has 138 valence electrons. The summed E-state index contributed by atoms with van der Waals surface area (Å²) >= 11 is 0. The number of hydrogen-bond donors (Lipinski definition) is 1. The van der Waals surface area contributed by atoms with E-state index in [-0.39, 0.29) is 5.56 Å². The number of nitrogens with one attached hydrogen (secondary N) is 1. The maximum Gasteiger partial charge on any atom is 0.252 e. The molecule has 0 spiro atoms. The second-order valence-electron chi connectivity index (χ2n) is 7.22. The van der Waals surface area contributed by atoms with Crippen LogP contribution in [-0.2, 0) is 6.54 Å². The molecule has 2 aliphatic rings. The fraction of sp³-hybridized carbons (Fsp3) is 0.500. The van der Waals surface area contributed by atoms with Gasteiger partial charge in [0.15, 0.2) is 0 Å². The van der Waals surface area contributed by atoms with Crippen molar-refractivity contribution in [1.82, 2.24) is 14.9 Å². The van der Waals surface area contributed by atoms with Crippen LogP contribution in [0.4, 0.5) is 5.95 Å². The number of likely N-dealkylation sites (tertiary alicyclic amines) is 1. The van der Waals surface area contributed by atoms with Crippen LogP contribution >= 0.6 is 0 Å². The third-order valence-electron chi connectivity index (χ3n) is 5.43. The number of methoxy groups -OCH3 is 1. The highest BCUT2D eigenvalue weighted by molar-refractivity contribution is 5.34. The normalized spacial score (nSPS) is 20.7. The van der Waals surface area contributed by atoms with Crippen molar-refractivity contribution < 1.29 is 4.74 Å². The molecule has 0 bridgehead atoms. The summed E-state index contributed by atoms with van der Waals surface area (Å²) < 4.78 is 5.47.